The number of aromatic nitrogens is 2. The van der Waals surface area contributed by atoms with Gasteiger partial charge < -0.3 is 5.32 Å². The molecule has 1 N–H and O–H groups in total. The van der Waals surface area contributed by atoms with Gasteiger partial charge in [0.05, 0.1) is 11.4 Å². The first-order valence-electron chi connectivity index (χ1n) is 8.19. The van der Waals surface area contributed by atoms with E-state index in [9.17, 15) is 4.79 Å². The predicted molar refractivity (Wildman–Crippen MR) is 91.4 cm³/mol. The van der Waals surface area contributed by atoms with Gasteiger partial charge in [-0.25, -0.2) is 4.68 Å². The number of hydrogen-bond donors (Lipinski definition) is 1. The van der Waals surface area contributed by atoms with Gasteiger partial charge in [-0.05, 0) is 44.7 Å². The van der Waals surface area contributed by atoms with E-state index in [0.29, 0.717) is 18.9 Å². The highest BCUT2D eigenvalue weighted by atomic mass is 16.1. The monoisotopic (exact) mass is 309 g/mol. The number of allylic oxidation sites excluding steroid dienone is 2. The maximum Gasteiger partial charge on any atom is 0.220 e. The van der Waals surface area contributed by atoms with Crippen LogP contribution in [0, 0.1) is 19.8 Å². The van der Waals surface area contributed by atoms with E-state index in [0.717, 1.165) is 35.5 Å². The topological polar surface area (TPSA) is 46.9 Å². The number of amides is 1. The minimum atomic E-state index is 0.118. The number of rotatable bonds is 5. The van der Waals surface area contributed by atoms with Crippen LogP contribution in [-0.2, 0) is 11.3 Å². The zero-order valence-corrected chi connectivity index (χ0v) is 13.7. The van der Waals surface area contributed by atoms with Crippen molar-refractivity contribution in [2.75, 3.05) is 0 Å². The lowest BCUT2D eigenvalue weighted by Gasteiger charge is -2.09. The van der Waals surface area contributed by atoms with Crippen molar-refractivity contribution in [2.24, 2.45) is 5.92 Å². The molecular weight excluding hydrogens is 286 g/mol. The third-order valence-corrected chi connectivity index (χ3v) is 4.46. The van der Waals surface area contributed by atoms with Crippen LogP contribution in [0.3, 0.4) is 0 Å². The summed E-state index contributed by atoms with van der Waals surface area (Å²) in [5, 5.41) is 7.66. The number of hydrogen-bond acceptors (Lipinski definition) is 2. The average molecular weight is 309 g/mol. The van der Waals surface area contributed by atoms with Gasteiger partial charge in [0.15, 0.2) is 0 Å². The van der Waals surface area contributed by atoms with Gasteiger partial charge in [0.25, 0.3) is 0 Å². The van der Waals surface area contributed by atoms with Crippen molar-refractivity contribution in [1.29, 1.82) is 0 Å². The lowest BCUT2D eigenvalue weighted by Crippen LogP contribution is -2.24. The Morgan fingerprint density at radius 3 is 2.78 bits per heavy atom. The summed E-state index contributed by atoms with van der Waals surface area (Å²) in [5.74, 6) is 0.525. The molecule has 3 rings (SSSR count). The molecule has 1 aromatic carbocycles. The van der Waals surface area contributed by atoms with Crippen molar-refractivity contribution in [3.63, 3.8) is 0 Å². The minimum absolute atomic E-state index is 0.118. The van der Waals surface area contributed by atoms with Crippen molar-refractivity contribution >= 4 is 5.91 Å². The normalized spacial score (nSPS) is 16.7. The molecule has 1 heterocycles. The number of nitrogens with zero attached hydrogens (tertiary/aromatic N) is 2. The molecule has 4 nitrogen and oxygen atoms in total. The standard InChI is InChI=1S/C19H23N3O/c1-14-18(13-20-19(23)12-16-8-6-7-9-16)15(2)22(21-14)17-10-4-3-5-11-17/h3-6,8,10-11,16H,7,9,12-13H2,1-2H3,(H,20,23). The molecular formula is C19H23N3O. The van der Waals surface area contributed by atoms with E-state index in [1.807, 2.05) is 48.9 Å². The lowest BCUT2D eigenvalue weighted by atomic mass is 10.0. The second-order valence-electron chi connectivity index (χ2n) is 6.14. The van der Waals surface area contributed by atoms with Gasteiger partial charge in [-0.2, -0.15) is 5.10 Å². The van der Waals surface area contributed by atoms with E-state index in [1.165, 1.54) is 0 Å². The fraction of sp³-hybridized carbons (Fsp3) is 0.368. The van der Waals surface area contributed by atoms with Gasteiger partial charge in [-0.15, -0.1) is 0 Å². The molecule has 1 aromatic heterocycles. The zero-order chi connectivity index (χ0) is 16.2. The van der Waals surface area contributed by atoms with Crippen molar-refractivity contribution in [1.82, 2.24) is 15.1 Å². The largest absolute Gasteiger partial charge is 0.352 e. The maximum atomic E-state index is 12.1. The van der Waals surface area contributed by atoms with Crippen LogP contribution in [0.25, 0.3) is 5.69 Å². The Labute approximate surface area is 137 Å². The van der Waals surface area contributed by atoms with E-state index >= 15 is 0 Å². The number of aryl methyl sites for hydroxylation is 1. The Morgan fingerprint density at radius 2 is 2.09 bits per heavy atom. The molecule has 0 radical (unpaired) electrons. The maximum absolute atomic E-state index is 12.1. The number of nitrogens with one attached hydrogen (secondary N) is 1. The highest BCUT2D eigenvalue weighted by Crippen LogP contribution is 2.21. The molecule has 1 unspecified atom stereocenters. The molecule has 4 heteroatoms. The smallest absolute Gasteiger partial charge is 0.220 e. The fourth-order valence-electron chi connectivity index (χ4n) is 3.11. The number of benzene rings is 1. The van der Waals surface area contributed by atoms with Crippen molar-refractivity contribution < 1.29 is 4.79 Å². The molecule has 2 aromatic rings. The van der Waals surface area contributed by atoms with Crippen LogP contribution in [0.1, 0.15) is 36.2 Å². The quantitative estimate of drug-likeness (QED) is 0.860. The molecule has 0 spiro atoms. The average Bonchev–Trinajstić information content (AvgIpc) is 3.15. The van der Waals surface area contributed by atoms with Gasteiger partial charge in [0.2, 0.25) is 5.91 Å². The second-order valence-corrected chi connectivity index (χ2v) is 6.14. The number of carbonyl (C=O) groups is 1. The van der Waals surface area contributed by atoms with Crippen LogP contribution in [-0.4, -0.2) is 15.7 Å². The summed E-state index contributed by atoms with van der Waals surface area (Å²) in [4.78, 5) is 12.1. The summed E-state index contributed by atoms with van der Waals surface area (Å²) in [5.41, 5.74) is 4.19. The van der Waals surface area contributed by atoms with Crippen LogP contribution >= 0.6 is 0 Å². The Morgan fingerprint density at radius 1 is 1.30 bits per heavy atom. The van der Waals surface area contributed by atoms with Crippen LogP contribution in [0.4, 0.5) is 0 Å². The Bertz CT molecular complexity index is 716. The Kier molecular flexibility index (Phi) is 4.60. The number of carbonyl (C=O) groups excluding carboxylic acids is 1. The number of para-hydroxylation sites is 1. The van der Waals surface area contributed by atoms with Crippen LogP contribution in [0.15, 0.2) is 42.5 Å². The van der Waals surface area contributed by atoms with Gasteiger partial charge in [-0.3, -0.25) is 4.79 Å². The highest BCUT2D eigenvalue weighted by molar-refractivity contribution is 5.76. The van der Waals surface area contributed by atoms with Gasteiger partial charge in [-0.1, -0.05) is 30.4 Å². The first kappa shape index (κ1) is 15.5. The molecule has 120 valence electrons. The van der Waals surface area contributed by atoms with E-state index in [4.69, 9.17) is 0 Å². The summed E-state index contributed by atoms with van der Waals surface area (Å²) in [6.07, 6.45) is 7.10. The van der Waals surface area contributed by atoms with Crippen LogP contribution in [0.2, 0.25) is 0 Å². The lowest BCUT2D eigenvalue weighted by molar-refractivity contribution is -0.121. The van der Waals surface area contributed by atoms with Gasteiger partial charge >= 0.3 is 0 Å². The summed E-state index contributed by atoms with van der Waals surface area (Å²) < 4.78 is 1.94. The Hall–Kier alpha value is -2.36. The molecule has 0 fully saturated rings. The highest BCUT2D eigenvalue weighted by Gasteiger charge is 2.16. The molecule has 1 atom stereocenters. The van der Waals surface area contributed by atoms with Crippen LogP contribution in [0.5, 0.6) is 0 Å². The summed E-state index contributed by atoms with van der Waals surface area (Å²) in [6.45, 7) is 4.58. The van der Waals surface area contributed by atoms with Gasteiger partial charge in [0, 0.05) is 24.2 Å². The van der Waals surface area contributed by atoms with Crippen molar-refractivity contribution in [3.8, 4) is 5.69 Å². The molecule has 0 saturated heterocycles. The second kappa shape index (κ2) is 6.82. The third kappa shape index (κ3) is 3.52. The molecule has 0 saturated carbocycles. The predicted octanol–water partition coefficient (Wildman–Crippen LogP) is 3.46. The first-order chi connectivity index (χ1) is 11.1. The molecule has 23 heavy (non-hydrogen) atoms. The first-order valence-corrected chi connectivity index (χ1v) is 8.19. The Balaban J connectivity index is 1.67. The van der Waals surface area contributed by atoms with E-state index in [-0.39, 0.29) is 5.91 Å². The zero-order valence-electron chi connectivity index (χ0n) is 13.7. The van der Waals surface area contributed by atoms with Crippen LogP contribution < -0.4 is 5.32 Å². The fourth-order valence-corrected chi connectivity index (χ4v) is 3.11. The molecule has 0 bridgehead atoms. The summed E-state index contributed by atoms with van der Waals surface area (Å²) >= 11 is 0. The molecule has 1 aliphatic rings. The van der Waals surface area contributed by atoms with Crippen molar-refractivity contribution in [2.45, 2.75) is 39.7 Å². The molecule has 1 amide bonds. The molecule has 0 aliphatic heterocycles. The molecule has 1 aliphatic carbocycles. The van der Waals surface area contributed by atoms with E-state index < -0.39 is 0 Å². The summed E-state index contributed by atoms with van der Waals surface area (Å²) in [6, 6.07) is 10.1. The van der Waals surface area contributed by atoms with E-state index in [1.54, 1.807) is 0 Å². The van der Waals surface area contributed by atoms with E-state index in [2.05, 4.69) is 22.6 Å². The third-order valence-electron chi connectivity index (χ3n) is 4.46. The minimum Gasteiger partial charge on any atom is -0.352 e. The van der Waals surface area contributed by atoms with Gasteiger partial charge in [0.1, 0.15) is 0 Å². The SMILES string of the molecule is Cc1nn(-c2ccccc2)c(C)c1CNC(=O)CC1C=CCC1. The summed E-state index contributed by atoms with van der Waals surface area (Å²) in [7, 11) is 0. The van der Waals surface area contributed by atoms with Crippen molar-refractivity contribution in [3.05, 3.63) is 59.4 Å².